The van der Waals surface area contributed by atoms with Gasteiger partial charge in [-0.25, -0.2) is 0 Å². The minimum Gasteiger partial charge on any atom is -0.487 e. The van der Waals surface area contributed by atoms with Gasteiger partial charge in [0.25, 0.3) is 5.91 Å². The molecule has 2 aromatic carbocycles. The number of aryl methyl sites for hydroxylation is 2. The van der Waals surface area contributed by atoms with E-state index in [2.05, 4.69) is 17.4 Å². The Labute approximate surface area is 160 Å². The molecule has 1 N–H and O–H groups in total. The van der Waals surface area contributed by atoms with Gasteiger partial charge in [0.05, 0.1) is 6.04 Å². The van der Waals surface area contributed by atoms with Crippen molar-refractivity contribution in [3.05, 3.63) is 59.2 Å². The van der Waals surface area contributed by atoms with Crippen molar-refractivity contribution in [3.63, 3.8) is 0 Å². The summed E-state index contributed by atoms with van der Waals surface area (Å²) in [6, 6.07) is 14.0. The lowest BCUT2D eigenvalue weighted by Crippen LogP contribution is -2.42. The molecule has 4 heteroatoms. The van der Waals surface area contributed by atoms with Gasteiger partial charge in [0, 0.05) is 12.0 Å². The lowest BCUT2D eigenvalue weighted by atomic mass is 9.89. The Morgan fingerprint density at radius 1 is 1.15 bits per heavy atom. The lowest BCUT2D eigenvalue weighted by molar-refractivity contribution is -0.124. The van der Waals surface area contributed by atoms with E-state index in [0.717, 1.165) is 36.3 Å². The standard InChI is InChI=1S/C23H27NO3/c1-23(2)14-20(19-9-5-6-10-21(19)27-23)24-22(25)15-26-18-12-11-16-7-3-4-8-17(16)13-18/h5-6,9-13,20H,3-4,7-8,14-15H2,1-2H3,(H,24,25)/t20-/m0/s1. The summed E-state index contributed by atoms with van der Waals surface area (Å²) in [6.45, 7) is 4.12. The largest absolute Gasteiger partial charge is 0.487 e. The molecule has 1 amide bonds. The number of hydrogen-bond acceptors (Lipinski definition) is 3. The van der Waals surface area contributed by atoms with Crippen LogP contribution in [0.15, 0.2) is 42.5 Å². The van der Waals surface area contributed by atoms with Gasteiger partial charge >= 0.3 is 0 Å². The van der Waals surface area contributed by atoms with Crippen LogP contribution in [0.4, 0.5) is 0 Å². The molecule has 4 rings (SSSR count). The molecule has 1 heterocycles. The maximum atomic E-state index is 12.5. The topological polar surface area (TPSA) is 47.6 Å². The van der Waals surface area contributed by atoms with E-state index >= 15 is 0 Å². The highest BCUT2D eigenvalue weighted by molar-refractivity contribution is 5.78. The number of rotatable bonds is 4. The number of nitrogens with one attached hydrogen (secondary N) is 1. The van der Waals surface area contributed by atoms with Gasteiger partial charge in [0.15, 0.2) is 6.61 Å². The summed E-state index contributed by atoms with van der Waals surface area (Å²) >= 11 is 0. The number of carbonyl (C=O) groups excluding carboxylic acids is 1. The summed E-state index contributed by atoms with van der Waals surface area (Å²) in [5.74, 6) is 1.51. The van der Waals surface area contributed by atoms with Gasteiger partial charge in [-0.1, -0.05) is 24.3 Å². The third-order valence-corrected chi connectivity index (χ3v) is 5.40. The number of carbonyl (C=O) groups is 1. The van der Waals surface area contributed by atoms with E-state index in [9.17, 15) is 4.79 Å². The molecule has 0 saturated carbocycles. The number of amides is 1. The molecule has 0 fully saturated rings. The van der Waals surface area contributed by atoms with Gasteiger partial charge in [-0.05, 0) is 68.9 Å². The maximum absolute atomic E-state index is 12.5. The second-order valence-corrected chi connectivity index (χ2v) is 8.15. The van der Waals surface area contributed by atoms with E-state index in [1.807, 2.05) is 44.2 Å². The van der Waals surface area contributed by atoms with Crippen LogP contribution in [0.25, 0.3) is 0 Å². The van der Waals surface area contributed by atoms with Crippen LogP contribution in [-0.2, 0) is 17.6 Å². The summed E-state index contributed by atoms with van der Waals surface area (Å²) in [4.78, 5) is 12.5. The summed E-state index contributed by atoms with van der Waals surface area (Å²) in [7, 11) is 0. The molecule has 4 nitrogen and oxygen atoms in total. The number of para-hydroxylation sites is 1. The van der Waals surface area contributed by atoms with Gasteiger partial charge < -0.3 is 14.8 Å². The minimum atomic E-state index is -0.314. The molecule has 0 radical (unpaired) electrons. The molecule has 2 aromatic rings. The second kappa shape index (κ2) is 7.26. The molecule has 1 aliphatic carbocycles. The van der Waals surface area contributed by atoms with Crippen molar-refractivity contribution in [2.75, 3.05) is 6.61 Å². The Balaban J connectivity index is 1.40. The molecular formula is C23H27NO3. The van der Waals surface area contributed by atoms with E-state index in [0.29, 0.717) is 0 Å². The van der Waals surface area contributed by atoms with Gasteiger partial charge in [0.2, 0.25) is 0 Å². The normalized spacial score (nSPS) is 20.0. The SMILES string of the molecule is CC1(C)C[C@H](NC(=O)COc2ccc3c(c2)CCCC3)c2ccccc2O1. The fourth-order valence-corrected chi connectivity index (χ4v) is 4.12. The van der Waals surface area contributed by atoms with Gasteiger partial charge in [-0.3, -0.25) is 4.79 Å². The van der Waals surface area contributed by atoms with E-state index in [1.54, 1.807) is 0 Å². The summed E-state index contributed by atoms with van der Waals surface area (Å²) < 4.78 is 11.8. The third-order valence-electron chi connectivity index (χ3n) is 5.40. The van der Waals surface area contributed by atoms with Crippen LogP contribution < -0.4 is 14.8 Å². The van der Waals surface area contributed by atoms with Crippen LogP contribution in [0.3, 0.4) is 0 Å². The van der Waals surface area contributed by atoms with Crippen molar-refractivity contribution >= 4 is 5.91 Å². The molecule has 27 heavy (non-hydrogen) atoms. The van der Waals surface area contributed by atoms with Crippen LogP contribution in [0, 0.1) is 0 Å². The predicted octanol–water partition coefficient (Wildman–Crippen LogP) is 4.36. The molecule has 1 aliphatic heterocycles. The number of fused-ring (bicyclic) bond motifs is 2. The summed E-state index contributed by atoms with van der Waals surface area (Å²) in [5.41, 5.74) is 3.49. The van der Waals surface area contributed by atoms with Crippen LogP contribution in [-0.4, -0.2) is 18.1 Å². The smallest absolute Gasteiger partial charge is 0.258 e. The first-order valence-corrected chi connectivity index (χ1v) is 9.82. The third kappa shape index (κ3) is 4.10. The quantitative estimate of drug-likeness (QED) is 0.876. The molecule has 1 atom stereocenters. The zero-order chi connectivity index (χ0) is 18.9. The summed E-state index contributed by atoms with van der Waals surface area (Å²) in [6.07, 6.45) is 5.48. The monoisotopic (exact) mass is 365 g/mol. The van der Waals surface area contributed by atoms with Gasteiger partial charge in [0.1, 0.15) is 17.1 Å². The van der Waals surface area contributed by atoms with Crippen molar-refractivity contribution in [2.24, 2.45) is 0 Å². The fourth-order valence-electron chi connectivity index (χ4n) is 4.12. The molecule has 0 aromatic heterocycles. The average Bonchev–Trinajstić information content (AvgIpc) is 2.65. The molecule has 0 saturated heterocycles. The molecule has 0 spiro atoms. The fraction of sp³-hybridized carbons (Fsp3) is 0.435. The molecule has 142 valence electrons. The highest BCUT2D eigenvalue weighted by Gasteiger charge is 2.34. The zero-order valence-corrected chi connectivity index (χ0v) is 16.1. The van der Waals surface area contributed by atoms with E-state index < -0.39 is 0 Å². The first-order valence-electron chi connectivity index (χ1n) is 9.82. The van der Waals surface area contributed by atoms with Crippen molar-refractivity contribution in [1.29, 1.82) is 0 Å². The molecular weight excluding hydrogens is 338 g/mol. The first kappa shape index (κ1) is 17.9. The predicted molar refractivity (Wildman–Crippen MR) is 105 cm³/mol. The first-order chi connectivity index (χ1) is 13.0. The Morgan fingerprint density at radius 3 is 2.78 bits per heavy atom. The average molecular weight is 365 g/mol. The Kier molecular flexibility index (Phi) is 4.81. The highest BCUT2D eigenvalue weighted by Crippen LogP contribution is 2.39. The molecule has 0 bridgehead atoms. The van der Waals surface area contributed by atoms with Crippen LogP contribution in [0.1, 0.15) is 55.8 Å². The van der Waals surface area contributed by atoms with E-state index in [-0.39, 0.29) is 24.2 Å². The second-order valence-electron chi connectivity index (χ2n) is 8.15. The molecule has 0 unspecified atom stereocenters. The summed E-state index contributed by atoms with van der Waals surface area (Å²) in [5, 5.41) is 3.12. The number of benzene rings is 2. The Bertz CT molecular complexity index is 843. The minimum absolute atomic E-state index is 0.0265. The Morgan fingerprint density at radius 2 is 1.93 bits per heavy atom. The van der Waals surface area contributed by atoms with Crippen LogP contribution in [0.2, 0.25) is 0 Å². The number of hydrogen-bond donors (Lipinski definition) is 1. The van der Waals surface area contributed by atoms with E-state index in [1.165, 1.54) is 24.0 Å². The number of ether oxygens (including phenoxy) is 2. The van der Waals surface area contributed by atoms with Crippen LogP contribution in [0.5, 0.6) is 11.5 Å². The van der Waals surface area contributed by atoms with Crippen LogP contribution >= 0.6 is 0 Å². The van der Waals surface area contributed by atoms with Gasteiger partial charge in [-0.2, -0.15) is 0 Å². The lowest BCUT2D eigenvalue weighted by Gasteiger charge is -2.37. The van der Waals surface area contributed by atoms with Gasteiger partial charge in [-0.15, -0.1) is 0 Å². The highest BCUT2D eigenvalue weighted by atomic mass is 16.5. The maximum Gasteiger partial charge on any atom is 0.258 e. The molecule has 2 aliphatic rings. The van der Waals surface area contributed by atoms with Crippen molar-refractivity contribution in [3.8, 4) is 11.5 Å². The van der Waals surface area contributed by atoms with E-state index in [4.69, 9.17) is 9.47 Å². The van der Waals surface area contributed by atoms with Crippen molar-refractivity contribution in [1.82, 2.24) is 5.32 Å². The van der Waals surface area contributed by atoms with Crippen molar-refractivity contribution in [2.45, 2.75) is 57.6 Å². The Hall–Kier alpha value is -2.49. The zero-order valence-electron chi connectivity index (χ0n) is 16.1. The van der Waals surface area contributed by atoms with Crippen molar-refractivity contribution < 1.29 is 14.3 Å².